The van der Waals surface area contributed by atoms with Crippen molar-refractivity contribution in [3.63, 3.8) is 0 Å². The second-order valence-corrected chi connectivity index (χ2v) is 12.1. The van der Waals surface area contributed by atoms with Gasteiger partial charge in [0.15, 0.2) is 11.2 Å². The van der Waals surface area contributed by atoms with Crippen LogP contribution in [-0.4, -0.2) is 19.9 Å². The number of hydrogen-bond donors (Lipinski definition) is 0. The van der Waals surface area contributed by atoms with Crippen molar-refractivity contribution in [1.82, 2.24) is 19.9 Å². The zero-order chi connectivity index (χ0) is 31.2. The van der Waals surface area contributed by atoms with Crippen LogP contribution >= 0.6 is 11.3 Å². The second kappa shape index (κ2) is 11.3. The minimum Gasteiger partial charge on any atom is -0.435 e. The smallest absolute Gasteiger partial charge is 0.246 e. The molecule has 0 bridgehead atoms. The molecule has 0 aliphatic carbocycles. The summed E-state index contributed by atoms with van der Waals surface area (Å²) in [5, 5.41) is 0. The SMILES string of the molecule is c1ccc(-c2c(-c3ccc(-c4nc5ccccc5o4)nc3)sc(-c3ccc(-c4nc5ccccc5o4)nc3)c2-c2ccccc2)cc1. The number of rotatable bonds is 6. The van der Waals surface area contributed by atoms with Gasteiger partial charge in [0.2, 0.25) is 11.8 Å². The van der Waals surface area contributed by atoms with Gasteiger partial charge in [-0.15, -0.1) is 11.3 Å². The lowest BCUT2D eigenvalue weighted by molar-refractivity contribution is 0.616. The highest BCUT2D eigenvalue weighted by Crippen LogP contribution is 2.52. The molecule has 5 heterocycles. The molecule has 5 aromatic heterocycles. The van der Waals surface area contributed by atoms with E-state index in [1.54, 1.807) is 11.3 Å². The molecule has 0 fully saturated rings. The first kappa shape index (κ1) is 27.2. The highest BCUT2D eigenvalue weighted by molar-refractivity contribution is 7.20. The molecule has 6 nitrogen and oxygen atoms in total. The fourth-order valence-electron chi connectivity index (χ4n) is 5.87. The maximum absolute atomic E-state index is 6.00. The summed E-state index contributed by atoms with van der Waals surface area (Å²) >= 11 is 1.73. The molecular weight excluding hydrogens is 601 g/mol. The van der Waals surface area contributed by atoms with E-state index in [2.05, 4.69) is 70.6 Å². The fourth-order valence-corrected chi connectivity index (χ4v) is 7.20. The molecule has 9 aromatic rings. The first-order chi connectivity index (χ1) is 23.3. The normalized spacial score (nSPS) is 11.4. The monoisotopic (exact) mass is 624 g/mol. The summed E-state index contributed by atoms with van der Waals surface area (Å²) < 4.78 is 12.0. The van der Waals surface area contributed by atoms with E-state index in [0.29, 0.717) is 23.2 Å². The number of oxazole rings is 2. The van der Waals surface area contributed by atoms with Gasteiger partial charge in [-0.1, -0.05) is 84.9 Å². The van der Waals surface area contributed by atoms with Crippen molar-refractivity contribution in [2.24, 2.45) is 0 Å². The van der Waals surface area contributed by atoms with Gasteiger partial charge in [-0.05, 0) is 59.7 Å². The molecule has 0 saturated heterocycles. The van der Waals surface area contributed by atoms with E-state index >= 15 is 0 Å². The molecule has 222 valence electrons. The number of aromatic nitrogens is 4. The second-order valence-electron chi connectivity index (χ2n) is 11.1. The van der Waals surface area contributed by atoms with E-state index in [1.165, 1.54) is 0 Å². The summed E-state index contributed by atoms with van der Waals surface area (Å²) in [6.07, 6.45) is 3.82. The molecular formula is C40H24N4O2S. The van der Waals surface area contributed by atoms with E-state index in [-0.39, 0.29) is 0 Å². The molecule has 9 rings (SSSR count). The lowest BCUT2D eigenvalue weighted by Crippen LogP contribution is -1.88. The summed E-state index contributed by atoms with van der Waals surface area (Å²) in [6, 6.07) is 44.7. The van der Waals surface area contributed by atoms with Crippen molar-refractivity contribution < 1.29 is 8.83 Å². The van der Waals surface area contributed by atoms with Crippen LogP contribution in [0, 0.1) is 0 Å². The Labute approximate surface area is 273 Å². The minimum absolute atomic E-state index is 0.503. The maximum Gasteiger partial charge on any atom is 0.246 e. The standard InChI is InChI=1S/C40H24N4O2S/c1-3-11-25(12-4-1)35-36(26-13-5-2-6-14-26)38(28-20-22-32(42-24-28)40-44-30-16-8-10-18-34(30)46-40)47-37(35)27-19-21-31(41-23-27)39-43-29-15-7-9-17-33(29)45-39/h1-24H. The predicted octanol–water partition coefficient (Wildman–Crippen LogP) is 10.8. The number of fused-ring (bicyclic) bond motifs is 2. The van der Waals surface area contributed by atoms with Crippen LogP contribution in [0.1, 0.15) is 0 Å². The number of pyridine rings is 2. The molecule has 0 amide bonds. The third-order valence-electron chi connectivity index (χ3n) is 8.11. The Morgan fingerprint density at radius 2 is 0.830 bits per heavy atom. The summed E-state index contributed by atoms with van der Waals surface area (Å²) in [4.78, 5) is 21.2. The lowest BCUT2D eigenvalue weighted by atomic mass is 9.92. The van der Waals surface area contributed by atoms with Gasteiger partial charge in [0.05, 0.1) is 0 Å². The van der Waals surface area contributed by atoms with Gasteiger partial charge in [0.25, 0.3) is 0 Å². The van der Waals surface area contributed by atoms with E-state index in [9.17, 15) is 0 Å². The van der Waals surface area contributed by atoms with Crippen LogP contribution in [0.15, 0.2) is 155 Å². The fraction of sp³-hybridized carbons (Fsp3) is 0. The molecule has 0 N–H and O–H groups in total. The van der Waals surface area contributed by atoms with Gasteiger partial charge < -0.3 is 8.83 Å². The maximum atomic E-state index is 6.00. The largest absolute Gasteiger partial charge is 0.435 e. The van der Waals surface area contributed by atoms with Crippen molar-refractivity contribution in [1.29, 1.82) is 0 Å². The topological polar surface area (TPSA) is 77.8 Å². The quantitative estimate of drug-likeness (QED) is 0.183. The third kappa shape index (κ3) is 4.90. The Morgan fingerprint density at radius 1 is 0.404 bits per heavy atom. The van der Waals surface area contributed by atoms with Gasteiger partial charge in [-0.25, -0.2) is 9.97 Å². The average molecular weight is 625 g/mol. The highest BCUT2D eigenvalue weighted by atomic mass is 32.1. The van der Waals surface area contributed by atoms with Crippen molar-refractivity contribution in [2.45, 2.75) is 0 Å². The molecule has 0 aliphatic heterocycles. The summed E-state index contributed by atoms with van der Waals surface area (Å²) in [7, 11) is 0. The molecule has 0 saturated carbocycles. The van der Waals surface area contributed by atoms with Gasteiger partial charge in [0.1, 0.15) is 22.4 Å². The number of para-hydroxylation sites is 4. The van der Waals surface area contributed by atoms with Crippen molar-refractivity contribution in [3.05, 3.63) is 146 Å². The van der Waals surface area contributed by atoms with Gasteiger partial charge in [-0.2, -0.15) is 0 Å². The van der Waals surface area contributed by atoms with Crippen LogP contribution in [0.3, 0.4) is 0 Å². The summed E-state index contributed by atoms with van der Waals surface area (Å²) in [5.41, 5.74) is 11.0. The van der Waals surface area contributed by atoms with E-state index in [4.69, 9.17) is 18.8 Å². The summed E-state index contributed by atoms with van der Waals surface area (Å²) in [5.74, 6) is 1.01. The highest BCUT2D eigenvalue weighted by Gasteiger charge is 2.24. The van der Waals surface area contributed by atoms with E-state index in [0.717, 1.165) is 65.3 Å². The van der Waals surface area contributed by atoms with E-state index < -0.39 is 0 Å². The lowest BCUT2D eigenvalue weighted by Gasteiger charge is -2.11. The molecule has 0 atom stereocenters. The predicted molar refractivity (Wildman–Crippen MR) is 188 cm³/mol. The molecule has 47 heavy (non-hydrogen) atoms. The van der Waals surface area contributed by atoms with Crippen LogP contribution in [-0.2, 0) is 0 Å². The van der Waals surface area contributed by atoms with Crippen LogP contribution in [0.5, 0.6) is 0 Å². The number of benzene rings is 4. The van der Waals surface area contributed by atoms with Crippen molar-refractivity contribution in [2.75, 3.05) is 0 Å². The molecule has 4 aromatic carbocycles. The minimum atomic E-state index is 0.503. The van der Waals surface area contributed by atoms with Crippen LogP contribution in [0.4, 0.5) is 0 Å². The van der Waals surface area contributed by atoms with Gasteiger partial charge in [0, 0.05) is 44.4 Å². The molecule has 0 radical (unpaired) electrons. The number of hydrogen-bond acceptors (Lipinski definition) is 7. The number of nitrogens with zero attached hydrogens (tertiary/aromatic N) is 4. The molecule has 0 unspecified atom stereocenters. The number of thiophene rings is 1. The van der Waals surface area contributed by atoms with Crippen LogP contribution in [0.2, 0.25) is 0 Å². The first-order valence-electron chi connectivity index (χ1n) is 15.2. The van der Waals surface area contributed by atoms with Crippen LogP contribution in [0.25, 0.3) is 88.5 Å². The molecule has 7 heteroatoms. The summed E-state index contributed by atoms with van der Waals surface area (Å²) in [6.45, 7) is 0. The Hall–Kier alpha value is -6.18. The zero-order valence-corrected chi connectivity index (χ0v) is 25.7. The zero-order valence-electron chi connectivity index (χ0n) is 24.9. The third-order valence-corrected chi connectivity index (χ3v) is 9.40. The Balaban J connectivity index is 1.19. The van der Waals surface area contributed by atoms with Crippen LogP contribution < -0.4 is 0 Å². The average Bonchev–Trinajstić information content (AvgIpc) is 3.88. The first-order valence-corrected chi connectivity index (χ1v) is 16.0. The Bertz CT molecular complexity index is 2260. The van der Waals surface area contributed by atoms with E-state index in [1.807, 2.05) is 85.2 Å². The Kier molecular flexibility index (Phi) is 6.54. The van der Waals surface area contributed by atoms with Gasteiger partial charge >= 0.3 is 0 Å². The van der Waals surface area contributed by atoms with Crippen molar-refractivity contribution >= 4 is 33.5 Å². The Morgan fingerprint density at radius 3 is 1.23 bits per heavy atom. The van der Waals surface area contributed by atoms with Gasteiger partial charge in [-0.3, -0.25) is 9.97 Å². The molecule has 0 spiro atoms. The van der Waals surface area contributed by atoms with Crippen molar-refractivity contribution in [3.8, 4) is 66.3 Å². The molecule has 0 aliphatic rings.